The number of rotatable bonds is 3. The smallest absolute Gasteiger partial charge is 0.253 e. The Morgan fingerprint density at radius 2 is 1.79 bits per heavy atom. The molecule has 1 amide bonds. The number of nitriles is 1. The number of hydrogen-bond donors (Lipinski definition) is 0. The van der Waals surface area contributed by atoms with Gasteiger partial charge in [-0.25, -0.2) is 4.98 Å². The second-order valence-electron chi connectivity index (χ2n) is 6.66. The molecule has 2 aromatic carbocycles. The maximum atomic E-state index is 12.8. The van der Waals surface area contributed by atoms with E-state index in [-0.39, 0.29) is 5.91 Å². The summed E-state index contributed by atoms with van der Waals surface area (Å²) in [5.74, 6) is 0.763. The van der Waals surface area contributed by atoms with E-state index in [0.29, 0.717) is 37.4 Å². The van der Waals surface area contributed by atoms with E-state index in [9.17, 15) is 10.1 Å². The number of benzene rings is 2. The number of hydrogen-bond acceptors (Lipinski definition) is 5. The van der Waals surface area contributed by atoms with Crippen molar-refractivity contribution in [2.45, 2.75) is 0 Å². The number of nitrogens with zero attached hydrogens (tertiary/aromatic N) is 4. The largest absolute Gasteiger partial charge is 0.497 e. The Labute approximate surface area is 163 Å². The van der Waals surface area contributed by atoms with E-state index in [0.717, 1.165) is 22.3 Å². The Kier molecular flexibility index (Phi) is 4.81. The number of fused-ring (bicyclic) bond motifs is 1. The molecule has 140 valence electrons. The molecular weight excluding hydrogens is 352 g/mol. The highest BCUT2D eigenvalue weighted by molar-refractivity contribution is 5.95. The van der Waals surface area contributed by atoms with E-state index in [1.807, 2.05) is 35.2 Å². The van der Waals surface area contributed by atoms with Crippen LogP contribution < -0.4 is 9.64 Å². The van der Waals surface area contributed by atoms with Gasteiger partial charge in [-0.1, -0.05) is 18.2 Å². The van der Waals surface area contributed by atoms with Crippen LogP contribution in [0.5, 0.6) is 5.75 Å². The quantitative estimate of drug-likeness (QED) is 0.707. The number of anilines is 1. The van der Waals surface area contributed by atoms with Crippen LogP contribution in [0.25, 0.3) is 10.9 Å². The minimum Gasteiger partial charge on any atom is -0.497 e. The van der Waals surface area contributed by atoms with Crippen LogP contribution in [-0.4, -0.2) is 49.1 Å². The zero-order valence-corrected chi connectivity index (χ0v) is 15.6. The third-order valence-corrected chi connectivity index (χ3v) is 5.05. The average molecular weight is 372 g/mol. The molecule has 1 aromatic heterocycles. The molecule has 0 N–H and O–H groups in total. The minimum atomic E-state index is 0.0274. The number of ether oxygens (including phenoxy) is 1. The summed E-state index contributed by atoms with van der Waals surface area (Å²) in [6.45, 7) is 2.67. The molecule has 0 unspecified atom stereocenters. The fraction of sp³-hybridized carbons (Fsp3) is 0.227. The number of piperazine rings is 1. The summed E-state index contributed by atoms with van der Waals surface area (Å²) in [7, 11) is 1.61. The highest BCUT2D eigenvalue weighted by Crippen LogP contribution is 2.28. The van der Waals surface area contributed by atoms with Gasteiger partial charge in [0, 0.05) is 42.8 Å². The van der Waals surface area contributed by atoms with Crippen LogP contribution in [0, 0.1) is 11.3 Å². The third-order valence-electron chi connectivity index (χ3n) is 5.05. The van der Waals surface area contributed by atoms with Gasteiger partial charge in [0.2, 0.25) is 0 Å². The summed E-state index contributed by atoms with van der Waals surface area (Å²) in [4.78, 5) is 21.2. The van der Waals surface area contributed by atoms with Crippen molar-refractivity contribution < 1.29 is 9.53 Å². The molecule has 1 aliphatic heterocycles. The molecule has 4 rings (SSSR count). The van der Waals surface area contributed by atoms with Crippen molar-refractivity contribution in [1.82, 2.24) is 9.88 Å². The zero-order valence-electron chi connectivity index (χ0n) is 15.6. The summed E-state index contributed by atoms with van der Waals surface area (Å²) in [5, 5.41) is 10.3. The van der Waals surface area contributed by atoms with E-state index in [1.165, 1.54) is 0 Å². The first-order chi connectivity index (χ1) is 13.7. The standard InChI is InChI=1S/C22H20N4O2/c1-28-18-8-6-16(7-9-18)22(27)26-12-10-25(11-13-26)21-14-17(15-23)24-20-5-3-2-4-19(20)21/h2-9,14H,10-13H2,1H3. The van der Waals surface area contributed by atoms with Gasteiger partial charge in [-0.2, -0.15) is 5.26 Å². The number of methoxy groups -OCH3 is 1. The molecule has 0 saturated carbocycles. The maximum Gasteiger partial charge on any atom is 0.253 e. The normalized spacial score (nSPS) is 14.0. The van der Waals surface area contributed by atoms with Crippen LogP contribution >= 0.6 is 0 Å². The molecule has 3 aromatic rings. The molecule has 0 aliphatic carbocycles. The van der Waals surface area contributed by atoms with Crippen molar-refractivity contribution in [3.63, 3.8) is 0 Å². The van der Waals surface area contributed by atoms with Gasteiger partial charge in [0.1, 0.15) is 17.5 Å². The van der Waals surface area contributed by atoms with Crippen LogP contribution in [0.4, 0.5) is 5.69 Å². The Morgan fingerprint density at radius 3 is 2.46 bits per heavy atom. The first-order valence-electron chi connectivity index (χ1n) is 9.18. The Morgan fingerprint density at radius 1 is 1.07 bits per heavy atom. The average Bonchev–Trinajstić information content (AvgIpc) is 2.78. The van der Waals surface area contributed by atoms with E-state index in [4.69, 9.17) is 4.74 Å². The van der Waals surface area contributed by atoms with Crippen LogP contribution in [0.3, 0.4) is 0 Å². The topological polar surface area (TPSA) is 69.5 Å². The van der Waals surface area contributed by atoms with Crippen molar-refractivity contribution in [3.8, 4) is 11.8 Å². The summed E-state index contributed by atoms with van der Waals surface area (Å²) in [6.07, 6.45) is 0. The first-order valence-corrected chi connectivity index (χ1v) is 9.18. The van der Waals surface area contributed by atoms with Gasteiger partial charge in [-0.3, -0.25) is 4.79 Å². The number of para-hydroxylation sites is 1. The molecule has 0 atom stereocenters. The lowest BCUT2D eigenvalue weighted by Crippen LogP contribution is -2.48. The zero-order chi connectivity index (χ0) is 19.5. The molecule has 1 aliphatic rings. The summed E-state index contributed by atoms with van der Waals surface area (Å²) < 4.78 is 5.15. The molecule has 1 saturated heterocycles. The van der Waals surface area contributed by atoms with Gasteiger partial charge in [-0.15, -0.1) is 0 Å². The van der Waals surface area contributed by atoms with E-state index in [1.54, 1.807) is 31.4 Å². The van der Waals surface area contributed by atoms with E-state index < -0.39 is 0 Å². The minimum absolute atomic E-state index is 0.0274. The van der Waals surface area contributed by atoms with Gasteiger partial charge in [0.15, 0.2) is 0 Å². The molecule has 2 heterocycles. The van der Waals surface area contributed by atoms with Gasteiger partial charge in [0.05, 0.1) is 12.6 Å². The summed E-state index contributed by atoms with van der Waals surface area (Å²) >= 11 is 0. The van der Waals surface area contributed by atoms with Crippen LogP contribution in [0.2, 0.25) is 0 Å². The second-order valence-corrected chi connectivity index (χ2v) is 6.66. The van der Waals surface area contributed by atoms with Gasteiger partial charge in [-0.05, 0) is 36.4 Å². The number of amides is 1. The summed E-state index contributed by atoms with van der Waals surface area (Å²) in [6, 6.07) is 19.0. The van der Waals surface area contributed by atoms with Gasteiger partial charge in [0.25, 0.3) is 5.91 Å². The number of pyridine rings is 1. The van der Waals surface area contributed by atoms with Crippen molar-refractivity contribution in [2.75, 3.05) is 38.2 Å². The predicted octanol–water partition coefficient (Wildman–Crippen LogP) is 3.08. The van der Waals surface area contributed by atoms with Crippen molar-refractivity contribution in [2.24, 2.45) is 0 Å². The molecule has 6 heteroatoms. The number of carbonyl (C=O) groups is 1. The highest BCUT2D eigenvalue weighted by atomic mass is 16.5. The fourth-order valence-electron chi connectivity index (χ4n) is 3.54. The molecule has 6 nitrogen and oxygen atoms in total. The third kappa shape index (κ3) is 3.35. The Hall–Kier alpha value is -3.59. The monoisotopic (exact) mass is 372 g/mol. The number of aromatic nitrogens is 1. The molecule has 0 bridgehead atoms. The second kappa shape index (κ2) is 7.57. The Bertz CT molecular complexity index is 1050. The molecule has 1 fully saturated rings. The van der Waals surface area contributed by atoms with E-state index in [2.05, 4.69) is 16.0 Å². The van der Waals surface area contributed by atoms with Crippen molar-refractivity contribution in [1.29, 1.82) is 5.26 Å². The molecular formula is C22H20N4O2. The molecule has 28 heavy (non-hydrogen) atoms. The predicted molar refractivity (Wildman–Crippen MR) is 108 cm³/mol. The lowest BCUT2D eigenvalue weighted by atomic mass is 10.1. The molecule has 0 radical (unpaired) electrons. The van der Waals surface area contributed by atoms with Crippen LogP contribution in [-0.2, 0) is 0 Å². The Balaban J connectivity index is 1.52. The number of carbonyl (C=O) groups excluding carboxylic acids is 1. The SMILES string of the molecule is COc1ccc(C(=O)N2CCN(c3cc(C#N)nc4ccccc34)CC2)cc1. The lowest BCUT2D eigenvalue weighted by Gasteiger charge is -2.36. The van der Waals surface area contributed by atoms with E-state index >= 15 is 0 Å². The van der Waals surface area contributed by atoms with Gasteiger partial charge >= 0.3 is 0 Å². The lowest BCUT2D eigenvalue weighted by molar-refractivity contribution is 0.0747. The molecule has 0 spiro atoms. The first kappa shape index (κ1) is 17.8. The van der Waals surface area contributed by atoms with Crippen LogP contribution in [0.15, 0.2) is 54.6 Å². The van der Waals surface area contributed by atoms with Gasteiger partial charge < -0.3 is 14.5 Å². The van der Waals surface area contributed by atoms with Crippen molar-refractivity contribution in [3.05, 3.63) is 65.9 Å². The highest BCUT2D eigenvalue weighted by Gasteiger charge is 2.23. The fourth-order valence-corrected chi connectivity index (χ4v) is 3.54. The maximum absolute atomic E-state index is 12.8. The van der Waals surface area contributed by atoms with Crippen molar-refractivity contribution >= 4 is 22.5 Å². The van der Waals surface area contributed by atoms with Crippen LogP contribution in [0.1, 0.15) is 16.1 Å². The summed E-state index contributed by atoms with van der Waals surface area (Å²) in [5.41, 5.74) is 2.88.